The second kappa shape index (κ2) is 3.82. The van der Waals surface area contributed by atoms with Gasteiger partial charge in [0.2, 0.25) is 0 Å². The van der Waals surface area contributed by atoms with Gasteiger partial charge in [0.15, 0.2) is 5.65 Å². The molecule has 0 spiro atoms. The second-order valence-electron chi connectivity index (χ2n) is 4.38. The lowest BCUT2D eigenvalue weighted by Gasteiger charge is -2.08. The highest BCUT2D eigenvalue weighted by molar-refractivity contribution is 9.10. The molecular weight excluding hydrogens is 268 g/mol. The van der Waals surface area contributed by atoms with Gasteiger partial charge >= 0.3 is 0 Å². The van der Waals surface area contributed by atoms with E-state index in [1.165, 1.54) is 6.42 Å². The molecule has 3 heterocycles. The third-order valence-corrected chi connectivity index (χ3v) is 3.62. The third kappa shape index (κ3) is 1.64. The molecule has 84 valence electrons. The van der Waals surface area contributed by atoms with Gasteiger partial charge in [-0.2, -0.15) is 0 Å². The zero-order chi connectivity index (χ0) is 11.1. The van der Waals surface area contributed by atoms with Crippen LogP contribution in [0.5, 0.6) is 0 Å². The van der Waals surface area contributed by atoms with Crippen LogP contribution in [0.2, 0.25) is 0 Å². The molecule has 4 nitrogen and oxygen atoms in total. The zero-order valence-corrected chi connectivity index (χ0v) is 10.7. The minimum Gasteiger partial charge on any atom is -0.306 e. The largest absolute Gasteiger partial charge is 0.306 e. The Morgan fingerprint density at radius 1 is 1.38 bits per heavy atom. The summed E-state index contributed by atoms with van der Waals surface area (Å²) in [6.07, 6.45) is 3.22. The predicted molar refractivity (Wildman–Crippen MR) is 65.5 cm³/mol. The van der Waals surface area contributed by atoms with Crippen molar-refractivity contribution in [3.8, 4) is 0 Å². The molecule has 16 heavy (non-hydrogen) atoms. The number of pyridine rings is 1. The Morgan fingerprint density at radius 3 is 3.00 bits per heavy atom. The molecule has 2 aromatic heterocycles. The van der Waals surface area contributed by atoms with Crippen LogP contribution in [0, 0.1) is 0 Å². The van der Waals surface area contributed by atoms with Crippen molar-refractivity contribution < 1.29 is 0 Å². The lowest BCUT2D eigenvalue weighted by atomic mass is 10.1. The molecule has 0 bridgehead atoms. The van der Waals surface area contributed by atoms with Crippen molar-refractivity contribution in [2.75, 3.05) is 20.1 Å². The van der Waals surface area contributed by atoms with Gasteiger partial charge in [0.25, 0.3) is 0 Å². The molecule has 0 N–H and O–H groups in total. The maximum absolute atomic E-state index is 4.32. The summed E-state index contributed by atoms with van der Waals surface area (Å²) < 4.78 is 3.15. The van der Waals surface area contributed by atoms with E-state index >= 15 is 0 Å². The molecule has 0 radical (unpaired) electrons. The van der Waals surface area contributed by atoms with Crippen LogP contribution in [0.3, 0.4) is 0 Å². The van der Waals surface area contributed by atoms with Crippen molar-refractivity contribution in [2.45, 2.75) is 12.3 Å². The Kier molecular flexibility index (Phi) is 2.44. The molecule has 1 aliphatic rings. The highest BCUT2D eigenvalue weighted by atomic mass is 79.9. The summed E-state index contributed by atoms with van der Waals surface area (Å²) in [5.41, 5.74) is 0.924. The predicted octanol–water partition coefficient (Wildman–Crippen LogP) is 1.91. The van der Waals surface area contributed by atoms with Crippen LogP contribution in [0.15, 0.2) is 22.8 Å². The van der Waals surface area contributed by atoms with Crippen molar-refractivity contribution >= 4 is 21.6 Å². The van der Waals surface area contributed by atoms with E-state index in [1.807, 2.05) is 18.3 Å². The summed E-state index contributed by atoms with van der Waals surface area (Å²) >= 11 is 3.48. The van der Waals surface area contributed by atoms with E-state index in [1.54, 1.807) is 0 Å². The first kappa shape index (κ1) is 10.2. The van der Waals surface area contributed by atoms with Crippen molar-refractivity contribution in [3.05, 3.63) is 28.6 Å². The van der Waals surface area contributed by atoms with Gasteiger partial charge < -0.3 is 4.90 Å². The molecule has 1 atom stereocenters. The summed E-state index contributed by atoms with van der Waals surface area (Å²) in [4.78, 5) is 2.34. The van der Waals surface area contributed by atoms with Crippen LogP contribution in [0.4, 0.5) is 0 Å². The third-order valence-electron chi connectivity index (χ3n) is 3.15. The van der Waals surface area contributed by atoms with Gasteiger partial charge in [-0.3, -0.25) is 4.40 Å². The van der Waals surface area contributed by atoms with Crippen LogP contribution < -0.4 is 0 Å². The molecule has 1 aliphatic heterocycles. The zero-order valence-electron chi connectivity index (χ0n) is 9.10. The number of hydrogen-bond acceptors (Lipinski definition) is 3. The summed E-state index contributed by atoms with van der Waals surface area (Å²) in [6, 6.07) is 3.98. The lowest BCUT2D eigenvalue weighted by Crippen LogP contribution is -2.14. The van der Waals surface area contributed by atoms with Gasteiger partial charge in [-0.25, -0.2) is 0 Å². The van der Waals surface area contributed by atoms with Gasteiger partial charge in [0.05, 0.1) is 0 Å². The normalized spacial score (nSPS) is 22.0. The maximum atomic E-state index is 4.32. The number of fused-ring (bicyclic) bond motifs is 1. The quantitative estimate of drug-likeness (QED) is 0.800. The van der Waals surface area contributed by atoms with Crippen molar-refractivity contribution in [2.24, 2.45) is 0 Å². The molecule has 3 rings (SSSR count). The first-order valence-electron chi connectivity index (χ1n) is 5.43. The Bertz CT molecular complexity index is 522. The van der Waals surface area contributed by atoms with E-state index in [9.17, 15) is 0 Å². The number of aromatic nitrogens is 3. The highest BCUT2D eigenvalue weighted by Crippen LogP contribution is 2.25. The Labute approximate surface area is 102 Å². The number of nitrogens with zero attached hydrogens (tertiary/aromatic N) is 4. The van der Waals surface area contributed by atoms with Crippen molar-refractivity contribution in [1.29, 1.82) is 0 Å². The highest BCUT2D eigenvalue weighted by Gasteiger charge is 2.25. The molecule has 5 heteroatoms. The molecule has 1 saturated heterocycles. The molecule has 0 saturated carbocycles. The average molecular weight is 281 g/mol. The minimum atomic E-state index is 0.509. The fourth-order valence-corrected chi connectivity index (χ4v) is 2.64. The Morgan fingerprint density at radius 2 is 2.25 bits per heavy atom. The SMILES string of the molecule is CN1CCC(c2nnc3ccc(Br)cn23)C1. The topological polar surface area (TPSA) is 33.4 Å². The van der Waals surface area contributed by atoms with E-state index in [-0.39, 0.29) is 0 Å². The van der Waals surface area contributed by atoms with Crippen LogP contribution >= 0.6 is 15.9 Å². The summed E-state index contributed by atoms with van der Waals surface area (Å²) in [5, 5.41) is 8.52. The molecule has 1 unspecified atom stereocenters. The number of rotatable bonds is 1. The summed E-state index contributed by atoms with van der Waals surface area (Å²) in [7, 11) is 2.15. The second-order valence-corrected chi connectivity index (χ2v) is 5.30. The van der Waals surface area contributed by atoms with Crippen LogP contribution in [-0.4, -0.2) is 39.6 Å². The van der Waals surface area contributed by atoms with E-state index < -0.39 is 0 Å². The molecule has 0 amide bonds. The van der Waals surface area contributed by atoms with E-state index in [0.717, 1.165) is 29.0 Å². The van der Waals surface area contributed by atoms with Gasteiger partial charge in [-0.15, -0.1) is 10.2 Å². The smallest absolute Gasteiger partial charge is 0.160 e. The molecule has 2 aromatic rings. The Hall–Kier alpha value is -0.940. The fourth-order valence-electron chi connectivity index (χ4n) is 2.31. The minimum absolute atomic E-state index is 0.509. The van der Waals surface area contributed by atoms with Gasteiger partial charge in [0.1, 0.15) is 5.82 Å². The van der Waals surface area contributed by atoms with Crippen LogP contribution in [0.1, 0.15) is 18.2 Å². The van der Waals surface area contributed by atoms with Crippen LogP contribution in [-0.2, 0) is 0 Å². The van der Waals surface area contributed by atoms with Crippen LogP contribution in [0.25, 0.3) is 5.65 Å². The van der Waals surface area contributed by atoms with Crippen molar-refractivity contribution in [3.63, 3.8) is 0 Å². The summed E-state index contributed by atoms with van der Waals surface area (Å²) in [6.45, 7) is 2.22. The Balaban J connectivity index is 2.06. The fraction of sp³-hybridized carbons (Fsp3) is 0.455. The molecular formula is C11H13BrN4. The van der Waals surface area contributed by atoms with E-state index in [0.29, 0.717) is 5.92 Å². The van der Waals surface area contributed by atoms with Gasteiger partial charge in [-0.1, -0.05) is 0 Å². The molecule has 0 aromatic carbocycles. The summed E-state index contributed by atoms with van der Waals surface area (Å²) in [5.74, 6) is 1.59. The first-order valence-corrected chi connectivity index (χ1v) is 6.22. The molecule has 1 fully saturated rings. The van der Waals surface area contributed by atoms with Gasteiger partial charge in [-0.05, 0) is 48.1 Å². The monoisotopic (exact) mass is 280 g/mol. The lowest BCUT2D eigenvalue weighted by molar-refractivity contribution is 0.409. The number of likely N-dealkylation sites (N-methyl/N-ethyl adjacent to an activating group) is 1. The number of halogens is 1. The van der Waals surface area contributed by atoms with E-state index in [4.69, 9.17) is 0 Å². The average Bonchev–Trinajstić information content (AvgIpc) is 2.83. The standard InChI is InChI=1S/C11H13BrN4/c1-15-5-4-8(6-15)11-14-13-10-3-2-9(12)7-16(10)11/h2-3,7-8H,4-6H2,1H3. The number of likely N-dealkylation sites (tertiary alicyclic amines) is 1. The van der Waals surface area contributed by atoms with E-state index in [2.05, 4.69) is 42.5 Å². The first-order chi connectivity index (χ1) is 7.74. The van der Waals surface area contributed by atoms with Crippen molar-refractivity contribution in [1.82, 2.24) is 19.5 Å². The maximum Gasteiger partial charge on any atom is 0.160 e. The van der Waals surface area contributed by atoms with Gasteiger partial charge in [0, 0.05) is 23.1 Å². The molecule has 0 aliphatic carbocycles. The number of hydrogen-bond donors (Lipinski definition) is 0.